The Labute approximate surface area is 280 Å². The van der Waals surface area contributed by atoms with Gasteiger partial charge in [0.05, 0.1) is 23.6 Å². The van der Waals surface area contributed by atoms with Crippen molar-refractivity contribution in [3.05, 3.63) is 39.7 Å². The van der Waals surface area contributed by atoms with Gasteiger partial charge in [-0.1, -0.05) is 0 Å². The van der Waals surface area contributed by atoms with Gasteiger partial charge >= 0.3 is 5.97 Å². The number of likely N-dealkylation sites (N-methyl/N-ethyl adjacent to an activating group) is 1. The molecular formula is C35H46N4O9. The Morgan fingerprint density at radius 2 is 1.69 bits per heavy atom. The number of allylic oxidation sites excluding steroid dienone is 2. The van der Waals surface area contributed by atoms with Gasteiger partial charge in [-0.25, -0.2) is 0 Å². The molecule has 0 unspecified atom stereocenters. The van der Waals surface area contributed by atoms with Gasteiger partial charge in [-0.15, -0.1) is 0 Å². The topological polar surface area (TPSA) is 183 Å². The number of carbonyl (C=O) groups excluding carboxylic acids is 6. The predicted octanol–water partition coefficient (Wildman–Crippen LogP) is 2.20. The molecule has 13 nitrogen and oxygen atoms in total. The molecule has 1 aromatic carbocycles. The number of rotatable bonds is 8. The third kappa shape index (κ3) is 6.40. The number of aliphatic hydroxyl groups is 2. The van der Waals surface area contributed by atoms with E-state index in [0.29, 0.717) is 16.8 Å². The van der Waals surface area contributed by atoms with Crippen LogP contribution < -0.4 is 20.3 Å². The summed E-state index contributed by atoms with van der Waals surface area (Å²) in [5.41, 5.74) is -1.21. The zero-order valence-electron chi connectivity index (χ0n) is 29.3. The molecule has 4 rings (SSSR count). The molecule has 3 aliphatic rings. The van der Waals surface area contributed by atoms with Gasteiger partial charge in [0.2, 0.25) is 5.91 Å². The van der Waals surface area contributed by atoms with Crippen molar-refractivity contribution in [2.45, 2.75) is 72.4 Å². The summed E-state index contributed by atoms with van der Waals surface area (Å²) < 4.78 is 5.68. The number of imide groups is 1. The van der Waals surface area contributed by atoms with E-state index in [9.17, 15) is 39.0 Å². The standard InChI is InChI=1S/C35H46N4O9/c1-16(40)37-33(47)26-29(44)27(39(9)10)22-13-18-12-21-23(38(7)8)14-19(11-20(42)15-36-34(3,4)5)30(48-17(2)41)25(21)28(43)24(18)31(45)35(22,6)32(26)46/h14,18,22,27,36,43,46H,11-13,15H2,1-10H3,(H,37,40,47)/t18-,22-,27-,35+/m0/s1. The Hall–Kier alpha value is -4.36. The smallest absolute Gasteiger partial charge is 0.308 e. The van der Waals surface area contributed by atoms with Crippen molar-refractivity contribution in [3.8, 4) is 5.75 Å². The van der Waals surface area contributed by atoms with Crippen molar-refractivity contribution in [2.24, 2.45) is 17.3 Å². The maximum atomic E-state index is 14.7. The van der Waals surface area contributed by atoms with Gasteiger partial charge in [0, 0.05) is 62.6 Å². The zero-order valence-corrected chi connectivity index (χ0v) is 29.3. The van der Waals surface area contributed by atoms with E-state index in [2.05, 4.69) is 5.32 Å². The Balaban J connectivity index is 1.97. The van der Waals surface area contributed by atoms with Gasteiger partial charge in [0.1, 0.15) is 22.8 Å². The van der Waals surface area contributed by atoms with Crippen molar-refractivity contribution in [3.63, 3.8) is 0 Å². The molecule has 13 heteroatoms. The molecule has 260 valence electrons. The summed E-state index contributed by atoms with van der Waals surface area (Å²) in [5.74, 6) is -6.87. The second-order valence-electron chi connectivity index (χ2n) is 14.6. The predicted molar refractivity (Wildman–Crippen MR) is 177 cm³/mol. The number of benzene rings is 1. The van der Waals surface area contributed by atoms with E-state index in [0.717, 1.165) is 6.92 Å². The van der Waals surface area contributed by atoms with Crippen molar-refractivity contribution in [1.82, 2.24) is 15.5 Å². The Morgan fingerprint density at radius 3 is 2.21 bits per heavy atom. The monoisotopic (exact) mass is 666 g/mol. The molecule has 4 atom stereocenters. The average molecular weight is 667 g/mol. The third-order valence-electron chi connectivity index (χ3n) is 9.42. The Bertz CT molecular complexity index is 1680. The summed E-state index contributed by atoms with van der Waals surface area (Å²) >= 11 is 0. The molecule has 1 fully saturated rings. The summed E-state index contributed by atoms with van der Waals surface area (Å²) in [6.45, 7) is 9.53. The molecule has 1 aromatic rings. The first-order chi connectivity index (χ1) is 22.1. The van der Waals surface area contributed by atoms with E-state index >= 15 is 0 Å². The molecule has 0 spiro atoms. The molecule has 0 bridgehead atoms. The number of nitrogens with zero attached hydrogens (tertiary/aromatic N) is 2. The lowest BCUT2D eigenvalue weighted by Gasteiger charge is -2.51. The van der Waals surface area contributed by atoms with Crippen molar-refractivity contribution in [2.75, 3.05) is 39.6 Å². The number of hydrogen-bond acceptors (Lipinski definition) is 12. The fraction of sp³-hybridized carbons (Fsp3) is 0.543. The number of carbonyl (C=O) groups is 6. The fourth-order valence-electron chi connectivity index (χ4n) is 7.26. The maximum Gasteiger partial charge on any atom is 0.308 e. The highest BCUT2D eigenvalue weighted by molar-refractivity contribution is 6.26. The number of ether oxygens (including phenoxy) is 1. The molecule has 48 heavy (non-hydrogen) atoms. The van der Waals surface area contributed by atoms with Gasteiger partial charge in [0.25, 0.3) is 5.91 Å². The molecule has 0 aliphatic heterocycles. The molecule has 0 aromatic heterocycles. The molecule has 0 heterocycles. The number of esters is 1. The summed E-state index contributed by atoms with van der Waals surface area (Å²) in [6, 6.07) is 0.744. The van der Waals surface area contributed by atoms with Crippen LogP contribution in [-0.2, 0) is 41.6 Å². The first-order valence-electron chi connectivity index (χ1n) is 15.9. The van der Waals surface area contributed by atoms with E-state index in [1.807, 2.05) is 31.0 Å². The van der Waals surface area contributed by atoms with Crippen molar-refractivity contribution < 1.29 is 43.7 Å². The van der Waals surface area contributed by atoms with Crippen LogP contribution in [0.5, 0.6) is 5.75 Å². The van der Waals surface area contributed by atoms with Crippen molar-refractivity contribution >= 4 is 46.6 Å². The first kappa shape index (κ1) is 36.5. The van der Waals surface area contributed by atoms with Crippen molar-refractivity contribution in [1.29, 1.82) is 0 Å². The third-order valence-corrected chi connectivity index (χ3v) is 9.42. The fourth-order valence-corrected chi connectivity index (χ4v) is 7.26. The van der Waals surface area contributed by atoms with E-state index in [4.69, 9.17) is 4.74 Å². The van der Waals surface area contributed by atoms with E-state index < -0.39 is 69.7 Å². The number of fused-ring (bicyclic) bond motifs is 3. The van der Waals surface area contributed by atoms with Crippen LogP contribution in [0.1, 0.15) is 64.7 Å². The number of amides is 2. The van der Waals surface area contributed by atoms with Crippen LogP contribution in [0, 0.1) is 17.3 Å². The first-order valence-corrected chi connectivity index (χ1v) is 15.9. The number of Topliss-reactive ketones (excluding diaryl/α,β-unsaturated/α-hetero) is 3. The van der Waals surface area contributed by atoms with Crippen LogP contribution in [0.3, 0.4) is 0 Å². The van der Waals surface area contributed by atoms with Crippen LogP contribution in [0.25, 0.3) is 5.76 Å². The maximum absolute atomic E-state index is 14.7. The lowest BCUT2D eigenvalue weighted by molar-refractivity contribution is -0.140. The van der Waals surface area contributed by atoms with Crippen LogP contribution in [0.4, 0.5) is 5.69 Å². The van der Waals surface area contributed by atoms with Gasteiger partial charge in [-0.3, -0.25) is 39.0 Å². The summed E-state index contributed by atoms with van der Waals surface area (Å²) in [4.78, 5) is 82.2. The van der Waals surface area contributed by atoms with E-state index in [1.165, 1.54) is 13.8 Å². The van der Waals surface area contributed by atoms with Crippen LogP contribution >= 0.6 is 0 Å². The summed E-state index contributed by atoms with van der Waals surface area (Å²) in [6.07, 6.45) is 0.255. The minimum absolute atomic E-state index is 0.0398. The van der Waals surface area contributed by atoms with Gasteiger partial charge in [-0.2, -0.15) is 0 Å². The number of anilines is 1. The van der Waals surface area contributed by atoms with Crippen LogP contribution in [-0.4, -0.2) is 96.6 Å². The zero-order chi connectivity index (χ0) is 36.2. The lowest BCUT2D eigenvalue weighted by atomic mass is 9.53. The summed E-state index contributed by atoms with van der Waals surface area (Å²) in [5, 5.41) is 28.8. The second kappa shape index (κ2) is 12.9. The highest BCUT2D eigenvalue weighted by atomic mass is 16.5. The van der Waals surface area contributed by atoms with Crippen LogP contribution in [0.15, 0.2) is 23.0 Å². The lowest BCUT2D eigenvalue weighted by Crippen LogP contribution is -2.61. The van der Waals surface area contributed by atoms with Gasteiger partial charge < -0.3 is 25.2 Å². The highest BCUT2D eigenvalue weighted by Crippen LogP contribution is 2.57. The average Bonchev–Trinajstić information content (AvgIpc) is 2.93. The molecule has 4 N–H and O–H groups in total. The number of hydrogen-bond donors (Lipinski definition) is 4. The molecule has 3 aliphatic carbocycles. The molecule has 0 radical (unpaired) electrons. The minimum atomic E-state index is -1.83. The largest absolute Gasteiger partial charge is 0.510 e. The van der Waals surface area contributed by atoms with Gasteiger partial charge in [-0.05, 0) is 72.2 Å². The quantitative estimate of drug-likeness (QED) is 0.181. The minimum Gasteiger partial charge on any atom is -0.510 e. The Morgan fingerprint density at radius 1 is 1.06 bits per heavy atom. The molecule has 1 saturated carbocycles. The molecule has 2 amide bonds. The normalized spacial score (nSPS) is 23.8. The van der Waals surface area contributed by atoms with Crippen LogP contribution in [0.2, 0.25) is 0 Å². The summed E-state index contributed by atoms with van der Waals surface area (Å²) in [7, 11) is 6.85. The molecule has 0 saturated heterocycles. The highest BCUT2D eigenvalue weighted by Gasteiger charge is 2.62. The number of aliphatic hydroxyl groups excluding tert-OH is 2. The number of nitrogens with one attached hydrogen (secondary N) is 2. The SMILES string of the molecule is CC(=O)NC(=O)C1=C(O)[C@@]2(C)C(=O)C3=C(O)c4c(c(N(C)C)cc(CC(=O)CNC(C)(C)C)c4OC(C)=O)C[C@H]3C[C@H]2[C@H](N(C)C)C1=O. The van der Waals surface area contributed by atoms with E-state index in [-0.39, 0.29) is 54.0 Å². The Kier molecular flexibility index (Phi) is 9.82. The van der Waals surface area contributed by atoms with Gasteiger partial charge in [0.15, 0.2) is 17.3 Å². The van der Waals surface area contributed by atoms with E-state index in [1.54, 1.807) is 39.2 Å². The molecular weight excluding hydrogens is 620 g/mol. The second-order valence-corrected chi connectivity index (χ2v) is 14.6. The number of ketones is 3.